The van der Waals surface area contributed by atoms with Crippen LogP contribution in [0, 0.1) is 17.2 Å². The summed E-state index contributed by atoms with van der Waals surface area (Å²) >= 11 is 0. The van der Waals surface area contributed by atoms with Gasteiger partial charge in [-0.2, -0.15) is 4.98 Å². The summed E-state index contributed by atoms with van der Waals surface area (Å²) in [6.07, 6.45) is 3.48. The summed E-state index contributed by atoms with van der Waals surface area (Å²) in [4.78, 5) is 41.6. The van der Waals surface area contributed by atoms with Gasteiger partial charge in [0.15, 0.2) is 0 Å². The van der Waals surface area contributed by atoms with Crippen LogP contribution in [-0.4, -0.2) is 78.3 Å². The molecule has 0 bridgehead atoms. The standard InChI is InChI=1S/C32H45FN6O3/c1-21(2)16-22(17-26(40)34-6)39-14-9-11-24-27(23-10-7-8-12-25(23)33)35-29(36-28(24)39)37-15-13-32(18-37)19-38(20-32)30(41)42-31(3,4)5/h7-8,10,12,21-22H,9,11,13-20H2,1-6H3,(H,34,40)/t22-/m1/s1. The van der Waals surface area contributed by atoms with Gasteiger partial charge in [-0.15, -0.1) is 0 Å². The number of carbonyl (C=O) groups excluding carboxylic acids is 2. The SMILES string of the molecule is CNC(=O)C[C@@H](CC(C)C)N1CCCc2c(-c3ccccc3F)nc(N3CCC4(CN(C(=O)OC(C)(C)C)C4)C3)nc21. The van der Waals surface area contributed by atoms with Crippen molar-refractivity contribution in [3.63, 3.8) is 0 Å². The number of aromatic nitrogens is 2. The summed E-state index contributed by atoms with van der Waals surface area (Å²) in [6.45, 7) is 13.5. The maximum Gasteiger partial charge on any atom is 0.410 e. The van der Waals surface area contributed by atoms with E-state index in [2.05, 4.69) is 29.0 Å². The molecule has 1 atom stereocenters. The van der Waals surface area contributed by atoms with Crippen molar-refractivity contribution in [2.45, 2.75) is 78.4 Å². The number of carbonyl (C=O) groups is 2. The fourth-order valence-corrected chi connectivity index (χ4v) is 6.60. The molecule has 4 heterocycles. The van der Waals surface area contributed by atoms with Gasteiger partial charge in [-0.3, -0.25) is 4.79 Å². The number of benzene rings is 1. The molecule has 2 amide bonds. The molecule has 2 aromatic rings. The van der Waals surface area contributed by atoms with E-state index in [-0.39, 0.29) is 29.3 Å². The van der Waals surface area contributed by atoms with Gasteiger partial charge in [0.25, 0.3) is 0 Å². The monoisotopic (exact) mass is 580 g/mol. The number of hydrogen-bond acceptors (Lipinski definition) is 7. The van der Waals surface area contributed by atoms with E-state index < -0.39 is 5.60 Å². The molecule has 2 fully saturated rings. The molecule has 5 rings (SSSR count). The average molecular weight is 581 g/mol. The molecule has 3 aliphatic heterocycles. The number of amides is 2. The van der Waals surface area contributed by atoms with E-state index in [4.69, 9.17) is 14.7 Å². The molecule has 10 heteroatoms. The molecular weight excluding hydrogens is 535 g/mol. The lowest BCUT2D eigenvalue weighted by Gasteiger charge is -2.47. The normalized spacial score (nSPS) is 18.6. The van der Waals surface area contributed by atoms with Gasteiger partial charge in [0, 0.05) is 68.8 Å². The number of halogens is 1. The Balaban J connectivity index is 1.48. The number of rotatable bonds is 7. The molecule has 9 nitrogen and oxygen atoms in total. The number of ether oxygens (including phenoxy) is 1. The molecule has 42 heavy (non-hydrogen) atoms. The van der Waals surface area contributed by atoms with Crippen molar-refractivity contribution in [3.8, 4) is 11.3 Å². The molecule has 0 saturated carbocycles. The summed E-state index contributed by atoms with van der Waals surface area (Å²) in [6, 6.07) is 6.76. The van der Waals surface area contributed by atoms with Gasteiger partial charge >= 0.3 is 6.09 Å². The fourth-order valence-electron chi connectivity index (χ4n) is 6.60. The highest BCUT2D eigenvalue weighted by molar-refractivity contribution is 5.78. The van der Waals surface area contributed by atoms with E-state index in [9.17, 15) is 9.59 Å². The molecule has 0 radical (unpaired) electrons. The first-order valence-corrected chi connectivity index (χ1v) is 15.2. The molecule has 0 unspecified atom stereocenters. The molecular formula is C32H45FN6O3. The Bertz CT molecular complexity index is 1320. The minimum absolute atomic E-state index is 0.00242. The zero-order chi connectivity index (χ0) is 30.2. The first kappa shape index (κ1) is 30.0. The lowest BCUT2D eigenvalue weighted by atomic mass is 9.79. The smallest absolute Gasteiger partial charge is 0.410 e. The molecule has 1 aromatic carbocycles. The van der Waals surface area contributed by atoms with Crippen LogP contribution in [0.3, 0.4) is 0 Å². The van der Waals surface area contributed by atoms with E-state index in [0.717, 1.165) is 56.7 Å². The van der Waals surface area contributed by atoms with Crippen LogP contribution in [0.5, 0.6) is 0 Å². The molecule has 1 aromatic heterocycles. The van der Waals surface area contributed by atoms with Gasteiger partial charge in [0.05, 0.1) is 5.69 Å². The molecule has 2 saturated heterocycles. The van der Waals surface area contributed by atoms with Gasteiger partial charge in [-0.25, -0.2) is 14.2 Å². The first-order valence-electron chi connectivity index (χ1n) is 15.2. The third-order valence-electron chi connectivity index (χ3n) is 8.51. The zero-order valence-electron chi connectivity index (χ0n) is 25.9. The van der Waals surface area contributed by atoms with Crippen LogP contribution in [0.2, 0.25) is 0 Å². The summed E-state index contributed by atoms with van der Waals surface area (Å²) in [5.74, 6) is 1.47. The topological polar surface area (TPSA) is 90.9 Å². The van der Waals surface area contributed by atoms with Crippen molar-refractivity contribution < 1.29 is 18.7 Å². The van der Waals surface area contributed by atoms with E-state index in [1.165, 1.54) is 6.07 Å². The van der Waals surface area contributed by atoms with Crippen molar-refractivity contribution in [1.29, 1.82) is 0 Å². The molecule has 1 spiro atoms. The second-order valence-corrected chi connectivity index (χ2v) is 13.6. The summed E-state index contributed by atoms with van der Waals surface area (Å²) in [5.41, 5.74) is 1.48. The highest BCUT2D eigenvalue weighted by atomic mass is 19.1. The van der Waals surface area contributed by atoms with Crippen molar-refractivity contribution >= 4 is 23.8 Å². The van der Waals surface area contributed by atoms with Crippen LogP contribution in [0.25, 0.3) is 11.3 Å². The van der Waals surface area contributed by atoms with Crippen LogP contribution in [0.15, 0.2) is 24.3 Å². The Kier molecular flexibility index (Phi) is 8.36. The van der Waals surface area contributed by atoms with Crippen molar-refractivity contribution in [2.24, 2.45) is 11.3 Å². The predicted octanol–water partition coefficient (Wildman–Crippen LogP) is 5.03. The third-order valence-corrected chi connectivity index (χ3v) is 8.51. The molecule has 228 valence electrons. The Hall–Kier alpha value is -3.43. The number of nitrogens with zero attached hydrogens (tertiary/aromatic N) is 5. The summed E-state index contributed by atoms with van der Waals surface area (Å²) in [5, 5.41) is 2.79. The number of fused-ring (bicyclic) bond motifs is 1. The quantitative estimate of drug-likeness (QED) is 0.491. The highest BCUT2D eigenvalue weighted by Gasteiger charge is 2.51. The minimum atomic E-state index is -0.529. The van der Waals surface area contributed by atoms with E-state index in [0.29, 0.717) is 42.6 Å². The van der Waals surface area contributed by atoms with E-state index in [1.807, 2.05) is 26.8 Å². The van der Waals surface area contributed by atoms with Gasteiger partial charge in [-0.1, -0.05) is 26.0 Å². The van der Waals surface area contributed by atoms with Crippen LogP contribution < -0.4 is 15.1 Å². The Morgan fingerprint density at radius 3 is 2.52 bits per heavy atom. The van der Waals surface area contributed by atoms with Crippen molar-refractivity contribution in [1.82, 2.24) is 20.2 Å². The molecule has 0 aliphatic carbocycles. The lowest BCUT2D eigenvalue weighted by Crippen LogP contribution is -2.60. The number of hydrogen-bond donors (Lipinski definition) is 1. The largest absolute Gasteiger partial charge is 0.444 e. The Labute approximate surface area is 248 Å². The van der Waals surface area contributed by atoms with Gasteiger partial charge < -0.3 is 24.8 Å². The fraction of sp³-hybridized carbons (Fsp3) is 0.625. The van der Waals surface area contributed by atoms with Gasteiger partial charge in [0.1, 0.15) is 17.2 Å². The van der Waals surface area contributed by atoms with Crippen LogP contribution >= 0.6 is 0 Å². The van der Waals surface area contributed by atoms with Crippen molar-refractivity contribution in [3.05, 3.63) is 35.6 Å². The maximum absolute atomic E-state index is 15.2. The van der Waals surface area contributed by atoms with Gasteiger partial charge in [-0.05, 0) is 64.5 Å². The summed E-state index contributed by atoms with van der Waals surface area (Å²) < 4.78 is 20.8. The third kappa shape index (κ3) is 6.32. The number of anilines is 2. The van der Waals surface area contributed by atoms with Crippen molar-refractivity contribution in [2.75, 3.05) is 49.6 Å². The van der Waals surface area contributed by atoms with E-state index >= 15 is 4.39 Å². The van der Waals surface area contributed by atoms with Crippen LogP contribution in [0.1, 0.15) is 65.9 Å². The zero-order valence-corrected chi connectivity index (χ0v) is 25.9. The molecule has 3 aliphatic rings. The second kappa shape index (κ2) is 11.7. The second-order valence-electron chi connectivity index (χ2n) is 13.6. The minimum Gasteiger partial charge on any atom is -0.444 e. The Morgan fingerprint density at radius 2 is 1.86 bits per heavy atom. The summed E-state index contributed by atoms with van der Waals surface area (Å²) in [7, 11) is 1.67. The number of nitrogens with one attached hydrogen (secondary N) is 1. The number of likely N-dealkylation sites (tertiary alicyclic amines) is 1. The van der Waals surface area contributed by atoms with Gasteiger partial charge in [0.2, 0.25) is 11.9 Å². The average Bonchev–Trinajstić information content (AvgIpc) is 3.36. The van der Waals surface area contributed by atoms with E-state index in [1.54, 1.807) is 24.1 Å². The lowest BCUT2D eigenvalue weighted by molar-refractivity contribution is -0.121. The first-order chi connectivity index (χ1) is 19.9. The predicted molar refractivity (Wildman–Crippen MR) is 162 cm³/mol. The van der Waals surface area contributed by atoms with Crippen LogP contribution in [-0.2, 0) is 16.0 Å². The Morgan fingerprint density at radius 1 is 1.12 bits per heavy atom. The van der Waals surface area contributed by atoms with Crippen LogP contribution in [0.4, 0.5) is 21.0 Å². The molecule has 1 N–H and O–H groups in total. The maximum atomic E-state index is 15.2. The highest BCUT2D eigenvalue weighted by Crippen LogP contribution is 2.43.